The highest BCUT2D eigenvalue weighted by Gasteiger charge is 2.22. The van der Waals surface area contributed by atoms with Gasteiger partial charge in [-0.1, -0.05) is 25.2 Å². The molecule has 1 rings (SSSR count). The van der Waals surface area contributed by atoms with Crippen molar-refractivity contribution in [1.82, 2.24) is 4.72 Å². The van der Waals surface area contributed by atoms with E-state index in [-0.39, 0.29) is 27.9 Å². The van der Waals surface area contributed by atoms with Crippen molar-refractivity contribution in [3.05, 3.63) is 29.6 Å². The van der Waals surface area contributed by atoms with Gasteiger partial charge in [-0.05, 0) is 30.1 Å². The fraction of sp³-hybridized carbons (Fsp3) is 0.417. The van der Waals surface area contributed by atoms with Gasteiger partial charge in [-0.2, -0.15) is 11.8 Å². The maximum absolute atomic E-state index is 13.7. The van der Waals surface area contributed by atoms with Gasteiger partial charge in [0.05, 0.1) is 10.5 Å². The number of benzene rings is 1. The number of thioether (sulfide) groups is 1. The van der Waals surface area contributed by atoms with Gasteiger partial charge in [0.15, 0.2) is 0 Å². The zero-order valence-corrected chi connectivity index (χ0v) is 13.7. The van der Waals surface area contributed by atoms with Crippen molar-refractivity contribution in [2.24, 2.45) is 11.7 Å². The lowest BCUT2D eigenvalue weighted by molar-refractivity contribution is 0.560. The molecular weight excluding hydrogens is 319 g/mol. The minimum atomic E-state index is -3.84. The van der Waals surface area contributed by atoms with Crippen molar-refractivity contribution in [2.45, 2.75) is 11.8 Å². The molecule has 8 heteroatoms. The number of sulfonamides is 1. The topological polar surface area (TPSA) is 72.2 Å². The van der Waals surface area contributed by atoms with E-state index in [9.17, 15) is 12.8 Å². The molecule has 1 atom stereocenters. The number of nitrogens with one attached hydrogen (secondary N) is 1. The Bertz CT molecular complexity index is 590. The van der Waals surface area contributed by atoms with E-state index >= 15 is 0 Å². The summed E-state index contributed by atoms with van der Waals surface area (Å²) < 4.78 is 40.6. The molecule has 112 valence electrons. The largest absolute Gasteiger partial charge is 0.389 e. The molecule has 1 aromatic rings. The first-order valence-corrected chi connectivity index (χ1v) is 9.15. The number of halogens is 1. The number of hydrogen-bond acceptors (Lipinski definition) is 4. The molecule has 0 aliphatic carbocycles. The van der Waals surface area contributed by atoms with Crippen LogP contribution in [0.1, 0.15) is 12.5 Å². The molecule has 0 saturated carbocycles. The molecule has 1 unspecified atom stereocenters. The molecule has 1 aromatic carbocycles. The first-order chi connectivity index (χ1) is 9.29. The molecule has 20 heavy (non-hydrogen) atoms. The van der Waals surface area contributed by atoms with Gasteiger partial charge in [-0.3, -0.25) is 0 Å². The summed E-state index contributed by atoms with van der Waals surface area (Å²) >= 11 is 6.36. The van der Waals surface area contributed by atoms with Crippen molar-refractivity contribution in [3.8, 4) is 0 Å². The monoisotopic (exact) mass is 336 g/mol. The Morgan fingerprint density at radius 3 is 2.75 bits per heavy atom. The van der Waals surface area contributed by atoms with Gasteiger partial charge in [0.1, 0.15) is 10.8 Å². The van der Waals surface area contributed by atoms with Crippen LogP contribution in [0.15, 0.2) is 23.1 Å². The van der Waals surface area contributed by atoms with Crippen LogP contribution in [0.2, 0.25) is 0 Å². The van der Waals surface area contributed by atoms with Crippen LogP contribution in [0.3, 0.4) is 0 Å². The average molecular weight is 336 g/mol. The highest BCUT2D eigenvalue weighted by molar-refractivity contribution is 7.98. The molecule has 0 bridgehead atoms. The molecule has 0 amide bonds. The van der Waals surface area contributed by atoms with Crippen LogP contribution in [0.4, 0.5) is 4.39 Å². The molecule has 0 aliphatic rings. The molecule has 0 saturated heterocycles. The fourth-order valence-electron chi connectivity index (χ4n) is 1.64. The second-order valence-corrected chi connectivity index (χ2v) is 7.48. The minimum absolute atomic E-state index is 0.168. The van der Waals surface area contributed by atoms with E-state index < -0.39 is 15.8 Å². The van der Waals surface area contributed by atoms with E-state index in [0.717, 1.165) is 11.8 Å². The van der Waals surface area contributed by atoms with E-state index in [1.807, 2.05) is 13.2 Å². The maximum Gasteiger partial charge on any atom is 0.241 e. The zero-order chi connectivity index (χ0) is 15.3. The standard InChI is InChI=1S/C12H17FN2O2S3/c1-8(7-19-2)6-15-20(16,17)10-5-3-4-9(13)11(10)12(14)18/h3-5,8,15H,6-7H2,1-2H3,(H2,14,18). The van der Waals surface area contributed by atoms with Crippen molar-refractivity contribution >= 4 is 39.0 Å². The highest BCUT2D eigenvalue weighted by atomic mass is 32.2. The SMILES string of the molecule is CSCC(C)CNS(=O)(=O)c1cccc(F)c1C(N)=S. The van der Waals surface area contributed by atoms with Gasteiger partial charge in [0, 0.05) is 6.54 Å². The van der Waals surface area contributed by atoms with Crippen molar-refractivity contribution in [1.29, 1.82) is 0 Å². The van der Waals surface area contributed by atoms with Gasteiger partial charge in [0.25, 0.3) is 0 Å². The fourth-order valence-corrected chi connectivity index (χ4v) is 3.99. The molecule has 0 fully saturated rings. The maximum atomic E-state index is 13.7. The molecule has 0 spiro atoms. The first kappa shape index (κ1) is 17.4. The molecule has 4 nitrogen and oxygen atoms in total. The second-order valence-electron chi connectivity index (χ2n) is 4.39. The molecule has 0 heterocycles. The van der Waals surface area contributed by atoms with Crippen LogP contribution in [0, 0.1) is 11.7 Å². The normalized spacial score (nSPS) is 13.2. The van der Waals surface area contributed by atoms with E-state index in [4.69, 9.17) is 18.0 Å². The van der Waals surface area contributed by atoms with Crippen molar-refractivity contribution in [2.75, 3.05) is 18.6 Å². The lowest BCUT2D eigenvalue weighted by Crippen LogP contribution is -2.31. The molecule has 0 radical (unpaired) electrons. The van der Waals surface area contributed by atoms with E-state index in [1.54, 1.807) is 11.8 Å². The smallest absolute Gasteiger partial charge is 0.241 e. The van der Waals surface area contributed by atoms with E-state index in [2.05, 4.69) is 4.72 Å². The zero-order valence-electron chi connectivity index (χ0n) is 11.2. The third-order valence-electron chi connectivity index (χ3n) is 2.58. The minimum Gasteiger partial charge on any atom is -0.389 e. The van der Waals surface area contributed by atoms with Crippen LogP contribution in [0.25, 0.3) is 0 Å². The quantitative estimate of drug-likeness (QED) is 0.742. The number of rotatable bonds is 7. The van der Waals surface area contributed by atoms with Gasteiger partial charge in [-0.25, -0.2) is 17.5 Å². The first-order valence-electron chi connectivity index (χ1n) is 5.86. The molecular formula is C12H17FN2O2S3. The Morgan fingerprint density at radius 2 is 2.20 bits per heavy atom. The number of nitrogens with two attached hydrogens (primary N) is 1. The third-order valence-corrected chi connectivity index (χ3v) is 5.16. The van der Waals surface area contributed by atoms with Gasteiger partial charge in [0.2, 0.25) is 10.0 Å². The Hall–Kier alpha value is -0.700. The Morgan fingerprint density at radius 1 is 1.55 bits per heavy atom. The number of hydrogen-bond donors (Lipinski definition) is 2. The summed E-state index contributed by atoms with van der Waals surface area (Å²) in [5.41, 5.74) is 5.17. The third kappa shape index (κ3) is 4.41. The summed E-state index contributed by atoms with van der Waals surface area (Å²) in [6.45, 7) is 2.20. The summed E-state index contributed by atoms with van der Waals surface area (Å²) in [5.74, 6) is 0.257. The summed E-state index contributed by atoms with van der Waals surface area (Å²) in [6.07, 6.45) is 1.95. The Kier molecular flexibility index (Phi) is 6.38. The van der Waals surface area contributed by atoms with Crippen molar-refractivity contribution < 1.29 is 12.8 Å². The van der Waals surface area contributed by atoms with E-state index in [0.29, 0.717) is 0 Å². The average Bonchev–Trinajstić information content (AvgIpc) is 2.36. The van der Waals surface area contributed by atoms with Gasteiger partial charge >= 0.3 is 0 Å². The second kappa shape index (κ2) is 7.35. The summed E-state index contributed by atoms with van der Waals surface area (Å²) in [4.78, 5) is -0.498. The van der Waals surface area contributed by atoms with Crippen LogP contribution < -0.4 is 10.5 Å². The Labute approximate surface area is 128 Å². The lowest BCUT2D eigenvalue weighted by atomic mass is 10.2. The molecule has 0 aliphatic heterocycles. The van der Waals surface area contributed by atoms with Crippen molar-refractivity contribution in [3.63, 3.8) is 0 Å². The summed E-state index contributed by atoms with van der Waals surface area (Å²) in [6, 6.07) is 3.74. The van der Waals surface area contributed by atoms with Crippen LogP contribution in [0.5, 0.6) is 0 Å². The molecule has 3 N–H and O–H groups in total. The summed E-state index contributed by atoms with van der Waals surface area (Å²) in [7, 11) is -3.84. The van der Waals surface area contributed by atoms with Gasteiger partial charge in [-0.15, -0.1) is 0 Å². The van der Waals surface area contributed by atoms with Crippen LogP contribution >= 0.6 is 24.0 Å². The van der Waals surface area contributed by atoms with Crippen LogP contribution in [-0.4, -0.2) is 32.0 Å². The predicted molar refractivity (Wildman–Crippen MR) is 85.0 cm³/mol. The summed E-state index contributed by atoms with van der Waals surface area (Å²) in [5, 5.41) is 0. The Balaban J connectivity index is 3.04. The van der Waals surface area contributed by atoms with Crippen LogP contribution in [-0.2, 0) is 10.0 Å². The predicted octanol–water partition coefficient (Wildman–Crippen LogP) is 1.74. The highest BCUT2D eigenvalue weighted by Crippen LogP contribution is 2.19. The lowest BCUT2D eigenvalue weighted by Gasteiger charge is -2.14. The van der Waals surface area contributed by atoms with Gasteiger partial charge < -0.3 is 5.73 Å². The van der Waals surface area contributed by atoms with E-state index in [1.165, 1.54) is 12.1 Å². The number of thiocarbonyl (C=S) groups is 1. The molecule has 0 aromatic heterocycles.